The van der Waals surface area contributed by atoms with E-state index in [1.165, 1.54) is 24.1 Å². The SMILES string of the molecule is CC1CC(C)CC(Oc2nc3c(cc2C(N)=S)CCC3)C1. The fourth-order valence-corrected chi connectivity index (χ4v) is 3.99. The smallest absolute Gasteiger partial charge is 0.224 e. The minimum Gasteiger partial charge on any atom is -0.474 e. The lowest BCUT2D eigenvalue weighted by atomic mass is 9.82. The van der Waals surface area contributed by atoms with Crippen LogP contribution in [0.25, 0.3) is 0 Å². The van der Waals surface area contributed by atoms with Gasteiger partial charge in [-0.3, -0.25) is 0 Å². The molecule has 0 aliphatic heterocycles. The van der Waals surface area contributed by atoms with E-state index in [0.29, 0.717) is 22.7 Å². The van der Waals surface area contributed by atoms with Gasteiger partial charge in [0.25, 0.3) is 0 Å². The van der Waals surface area contributed by atoms with Crippen LogP contribution in [-0.2, 0) is 12.8 Å². The molecule has 1 saturated carbocycles. The fourth-order valence-electron chi connectivity index (χ4n) is 3.85. The number of fused-ring (bicyclic) bond motifs is 1. The van der Waals surface area contributed by atoms with E-state index >= 15 is 0 Å². The third-order valence-corrected chi connectivity index (χ3v) is 4.91. The van der Waals surface area contributed by atoms with Gasteiger partial charge in [-0.25, -0.2) is 4.98 Å². The molecule has 1 heterocycles. The highest BCUT2D eigenvalue weighted by atomic mass is 32.1. The normalized spacial score (nSPS) is 28.2. The van der Waals surface area contributed by atoms with Crippen LogP contribution in [0.15, 0.2) is 6.07 Å². The van der Waals surface area contributed by atoms with Crippen molar-refractivity contribution in [1.29, 1.82) is 0 Å². The van der Waals surface area contributed by atoms with Crippen molar-refractivity contribution in [3.63, 3.8) is 0 Å². The van der Waals surface area contributed by atoms with Crippen molar-refractivity contribution in [1.82, 2.24) is 4.98 Å². The number of pyridine rings is 1. The number of rotatable bonds is 3. The molecule has 0 amide bonds. The number of hydrogen-bond acceptors (Lipinski definition) is 3. The molecule has 114 valence electrons. The standard InChI is InChI=1S/C17H24N2OS/c1-10-6-11(2)8-13(7-10)20-17-14(16(18)21)9-12-4-3-5-15(12)19-17/h9-11,13H,3-8H2,1-2H3,(H2,18,21). The zero-order valence-electron chi connectivity index (χ0n) is 12.9. The molecule has 3 rings (SSSR count). The van der Waals surface area contributed by atoms with Gasteiger partial charge in [0.05, 0.1) is 5.56 Å². The van der Waals surface area contributed by atoms with Gasteiger partial charge >= 0.3 is 0 Å². The second kappa shape index (κ2) is 5.91. The van der Waals surface area contributed by atoms with Gasteiger partial charge in [-0.05, 0) is 62.0 Å². The molecule has 0 bridgehead atoms. The summed E-state index contributed by atoms with van der Waals surface area (Å²) in [5.74, 6) is 2.08. The molecule has 2 atom stereocenters. The Kier molecular flexibility index (Phi) is 4.16. The van der Waals surface area contributed by atoms with Crippen LogP contribution in [-0.4, -0.2) is 16.1 Å². The molecule has 2 unspecified atom stereocenters. The van der Waals surface area contributed by atoms with Gasteiger partial charge in [-0.1, -0.05) is 26.1 Å². The van der Waals surface area contributed by atoms with Gasteiger partial charge in [0.2, 0.25) is 5.88 Å². The number of aryl methyl sites for hydroxylation is 2. The molecule has 1 aromatic rings. The summed E-state index contributed by atoms with van der Waals surface area (Å²) in [5.41, 5.74) is 9.15. The zero-order chi connectivity index (χ0) is 15.0. The second-order valence-corrected chi connectivity index (χ2v) is 7.26. The topological polar surface area (TPSA) is 48.1 Å². The van der Waals surface area contributed by atoms with E-state index in [1.54, 1.807) is 0 Å². The number of ether oxygens (including phenoxy) is 1. The molecule has 0 aromatic carbocycles. The quantitative estimate of drug-likeness (QED) is 0.869. The Balaban J connectivity index is 1.85. The monoisotopic (exact) mass is 304 g/mol. The van der Waals surface area contributed by atoms with Crippen LogP contribution >= 0.6 is 12.2 Å². The minimum atomic E-state index is 0.240. The lowest BCUT2D eigenvalue weighted by Gasteiger charge is -2.31. The fraction of sp³-hybridized carbons (Fsp3) is 0.647. The van der Waals surface area contributed by atoms with Crippen LogP contribution < -0.4 is 10.5 Å². The maximum absolute atomic E-state index is 6.24. The number of thiocarbonyl (C=S) groups is 1. The summed E-state index contributed by atoms with van der Waals surface area (Å²) in [6, 6.07) is 2.10. The summed E-state index contributed by atoms with van der Waals surface area (Å²) >= 11 is 5.19. The van der Waals surface area contributed by atoms with Crippen molar-refractivity contribution in [3.05, 3.63) is 22.9 Å². The zero-order valence-corrected chi connectivity index (χ0v) is 13.7. The summed E-state index contributed by atoms with van der Waals surface area (Å²) in [6.07, 6.45) is 7.01. The Morgan fingerprint density at radius 3 is 2.62 bits per heavy atom. The first-order valence-electron chi connectivity index (χ1n) is 8.02. The van der Waals surface area contributed by atoms with Crippen molar-refractivity contribution < 1.29 is 4.74 Å². The van der Waals surface area contributed by atoms with Gasteiger partial charge in [-0.2, -0.15) is 0 Å². The average Bonchev–Trinajstić information content (AvgIpc) is 2.83. The van der Waals surface area contributed by atoms with Crippen LogP contribution in [0.4, 0.5) is 0 Å². The number of nitrogens with two attached hydrogens (primary N) is 1. The first-order chi connectivity index (χ1) is 10.0. The third kappa shape index (κ3) is 3.20. The second-order valence-electron chi connectivity index (χ2n) is 6.82. The van der Waals surface area contributed by atoms with Crippen LogP contribution in [0.1, 0.15) is 56.4 Å². The van der Waals surface area contributed by atoms with E-state index < -0.39 is 0 Å². The third-order valence-electron chi connectivity index (χ3n) is 4.69. The van der Waals surface area contributed by atoms with Crippen molar-refractivity contribution >= 4 is 17.2 Å². The van der Waals surface area contributed by atoms with Gasteiger partial charge < -0.3 is 10.5 Å². The molecule has 3 nitrogen and oxygen atoms in total. The maximum Gasteiger partial charge on any atom is 0.224 e. The highest BCUT2D eigenvalue weighted by molar-refractivity contribution is 7.80. The number of hydrogen-bond donors (Lipinski definition) is 1. The van der Waals surface area contributed by atoms with Crippen molar-refractivity contribution in [2.24, 2.45) is 17.6 Å². The summed E-state index contributed by atoms with van der Waals surface area (Å²) < 4.78 is 6.24. The Morgan fingerprint density at radius 2 is 1.95 bits per heavy atom. The largest absolute Gasteiger partial charge is 0.474 e. The summed E-state index contributed by atoms with van der Waals surface area (Å²) in [7, 11) is 0. The molecule has 0 radical (unpaired) electrons. The summed E-state index contributed by atoms with van der Waals surface area (Å²) in [5, 5.41) is 0. The first kappa shape index (κ1) is 14.8. The molecule has 0 spiro atoms. The molecule has 21 heavy (non-hydrogen) atoms. The molecule has 4 heteroatoms. The van der Waals surface area contributed by atoms with Crippen molar-refractivity contribution in [3.8, 4) is 5.88 Å². The van der Waals surface area contributed by atoms with E-state index in [9.17, 15) is 0 Å². The average molecular weight is 304 g/mol. The van der Waals surface area contributed by atoms with Crippen molar-refractivity contribution in [2.45, 2.75) is 58.5 Å². The molecular weight excluding hydrogens is 280 g/mol. The molecule has 1 aromatic heterocycles. The maximum atomic E-state index is 6.24. The minimum absolute atomic E-state index is 0.240. The Bertz CT molecular complexity index is 548. The van der Waals surface area contributed by atoms with E-state index in [1.807, 2.05) is 0 Å². The Labute approximate surface area is 132 Å². The highest BCUT2D eigenvalue weighted by Gasteiger charge is 2.27. The van der Waals surface area contributed by atoms with E-state index in [-0.39, 0.29) is 6.10 Å². The lowest BCUT2D eigenvalue weighted by Crippen LogP contribution is -2.29. The van der Waals surface area contributed by atoms with E-state index in [4.69, 9.17) is 27.7 Å². The summed E-state index contributed by atoms with van der Waals surface area (Å²) in [4.78, 5) is 5.12. The van der Waals surface area contributed by atoms with Crippen LogP contribution in [0.2, 0.25) is 0 Å². The Hall–Kier alpha value is -1.16. The lowest BCUT2D eigenvalue weighted by molar-refractivity contribution is 0.0963. The number of aromatic nitrogens is 1. The predicted octanol–water partition coefficient (Wildman–Crippen LogP) is 3.41. The van der Waals surface area contributed by atoms with Gasteiger partial charge in [0.1, 0.15) is 11.1 Å². The van der Waals surface area contributed by atoms with Gasteiger partial charge in [-0.15, -0.1) is 0 Å². The van der Waals surface area contributed by atoms with Crippen LogP contribution in [0, 0.1) is 11.8 Å². The molecular formula is C17H24N2OS. The molecule has 2 N–H and O–H groups in total. The predicted molar refractivity (Wildman–Crippen MR) is 88.7 cm³/mol. The number of nitrogens with zero attached hydrogens (tertiary/aromatic N) is 1. The van der Waals surface area contributed by atoms with Crippen molar-refractivity contribution in [2.75, 3.05) is 0 Å². The molecule has 1 fully saturated rings. The Morgan fingerprint density at radius 1 is 1.24 bits per heavy atom. The molecule has 2 aliphatic rings. The molecule has 0 saturated heterocycles. The highest BCUT2D eigenvalue weighted by Crippen LogP contribution is 2.33. The van der Waals surface area contributed by atoms with Crippen LogP contribution in [0.3, 0.4) is 0 Å². The van der Waals surface area contributed by atoms with Gasteiger partial charge in [0.15, 0.2) is 0 Å². The van der Waals surface area contributed by atoms with E-state index in [2.05, 4.69) is 19.9 Å². The van der Waals surface area contributed by atoms with E-state index in [0.717, 1.165) is 31.2 Å². The first-order valence-corrected chi connectivity index (χ1v) is 8.43. The summed E-state index contributed by atoms with van der Waals surface area (Å²) in [6.45, 7) is 4.60. The van der Waals surface area contributed by atoms with Gasteiger partial charge in [0, 0.05) is 5.69 Å². The molecule has 2 aliphatic carbocycles. The van der Waals surface area contributed by atoms with Crippen LogP contribution in [0.5, 0.6) is 5.88 Å².